The number of benzene rings is 2. The predicted molar refractivity (Wildman–Crippen MR) is 169 cm³/mol. The highest BCUT2D eigenvalue weighted by Gasteiger charge is 2.39. The molecule has 252 valence electrons. The van der Waals surface area contributed by atoms with E-state index >= 15 is 0 Å². The largest absolute Gasteiger partial charge is 0.416 e. The number of hydrogen-bond donors (Lipinski definition) is 1. The van der Waals surface area contributed by atoms with Crippen LogP contribution in [0.3, 0.4) is 0 Å². The molecule has 6 rings (SSSR count). The summed E-state index contributed by atoms with van der Waals surface area (Å²) in [5.41, 5.74) is 1.60. The number of aromatic nitrogens is 3. The number of carbonyl (C=O) groups excluding carboxylic acids is 1. The third-order valence-corrected chi connectivity index (χ3v) is 10.4. The molecule has 0 spiro atoms. The van der Waals surface area contributed by atoms with Gasteiger partial charge in [0.15, 0.2) is 0 Å². The predicted octanol–water partition coefficient (Wildman–Crippen LogP) is 4.49. The van der Waals surface area contributed by atoms with Crippen molar-refractivity contribution in [3.8, 4) is 11.3 Å². The lowest BCUT2D eigenvalue weighted by molar-refractivity contribution is -0.137. The number of hydrogen-bond acceptors (Lipinski definition) is 8. The average molecular weight is 684 g/mol. The van der Waals surface area contributed by atoms with Gasteiger partial charge < -0.3 is 10.2 Å². The van der Waals surface area contributed by atoms with Crippen LogP contribution in [0, 0.1) is 5.82 Å². The number of carbonyl (C=O) groups is 1. The summed E-state index contributed by atoms with van der Waals surface area (Å²) in [4.78, 5) is 31.0. The SMILES string of the molecule is O=C(NCc1cc(-c2ccc(C(F)(F)F)cc2)nc(N2CCN(Cc3ccncc3)CC2)n1)C1CCCN1S(=O)(=O)c1ccc(F)cc1. The Morgan fingerprint density at radius 1 is 0.896 bits per heavy atom. The minimum Gasteiger partial charge on any atom is -0.349 e. The van der Waals surface area contributed by atoms with Crippen LogP contribution in [0.5, 0.6) is 0 Å². The zero-order valence-corrected chi connectivity index (χ0v) is 26.6. The molecule has 4 heterocycles. The van der Waals surface area contributed by atoms with Gasteiger partial charge >= 0.3 is 6.18 Å². The van der Waals surface area contributed by atoms with E-state index in [4.69, 9.17) is 9.97 Å². The van der Waals surface area contributed by atoms with E-state index in [1.807, 2.05) is 17.0 Å². The Bertz CT molecular complexity index is 1840. The Hall–Kier alpha value is -4.47. The summed E-state index contributed by atoms with van der Waals surface area (Å²) in [6.45, 7) is 3.49. The first kappa shape index (κ1) is 33.4. The Kier molecular flexibility index (Phi) is 9.71. The molecule has 0 radical (unpaired) electrons. The lowest BCUT2D eigenvalue weighted by Crippen LogP contribution is -2.47. The van der Waals surface area contributed by atoms with Crippen molar-refractivity contribution < 1.29 is 30.8 Å². The topological polar surface area (TPSA) is 112 Å². The van der Waals surface area contributed by atoms with Crippen molar-refractivity contribution in [1.82, 2.24) is 29.5 Å². The summed E-state index contributed by atoms with van der Waals surface area (Å²) in [6, 6.07) is 13.7. The normalized spacial score (nSPS) is 17.8. The van der Waals surface area contributed by atoms with Gasteiger partial charge in [-0.2, -0.15) is 17.5 Å². The highest BCUT2D eigenvalue weighted by Crippen LogP contribution is 2.31. The number of anilines is 1. The first-order valence-corrected chi connectivity index (χ1v) is 16.9. The standard InChI is InChI=1S/C33H33F4N7O3S/c34-26-7-9-28(10-8-26)48(46,47)44-15-1-2-30(44)31(45)39-21-27-20-29(24-3-5-25(6-4-24)33(35,36)37)41-32(40-27)43-18-16-42(17-19-43)22-23-11-13-38-14-12-23/h3-14,20,30H,1-2,15-19,21-22H2,(H,39,45). The zero-order valence-electron chi connectivity index (χ0n) is 25.8. The van der Waals surface area contributed by atoms with Crippen LogP contribution in [0.1, 0.15) is 29.7 Å². The molecule has 0 aliphatic carbocycles. The second-order valence-electron chi connectivity index (χ2n) is 11.7. The fourth-order valence-electron chi connectivity index (χ4n) is 5.87. The quantitative estimate of drug-likeness (QED) is 0.257. The number of sulfonamides is 1. The summed E-state index contributed by atoms with van der Waals surface area (Å²) in [5, 5.41) is 2.80. The molecular formula is C33H33F4N7O3S. The van der Waals surface area contributed by atoms with Crippen molar-refractivity contribution in [2.45, 2.75) is 43.0 Å². The lowest BCUT2D eigenvalue weighted by atomic mass is 10.1. The van der Waals surface area contributed by atoms with E-state index in [2.05, 4.69) is 15.2 Å². The van der Waals surface area contributed by atoms with Crippen molar-refractivity contribution in [3.63, 3.8) is 0 Å². The van der Waals surface area contributed by atoms with Crippen LogP contribution in [0.4, 0.5) is 23.5 Å². The number of piperazine rings is 1. The van der Waals surface area contributed by atoms with Gasteiger partial charge in [-0.1, -0.05) is 12.1 Å². The molecule has 0 bridgehead atoms. The van der Waals surface area contributed by atoms with Gasteiger partial charge in [0.1, 0.15) is 11.9 Å². The lowest BCUT2D eigenvalue weighted by Gasteiger charge is -2.35. The van der Waals surface area contributed by atoms with Crippen LogP contribution in [0.25, 0.3) is 11.3 Å². The van der Waals surface area contributed by atoms with Crippen molar-refractivity contribution in [2.75, 3.05) is 37.6 Å². The number of nitrogens with zero attached hydrogens (tertiary/aromatic N) is 6. The molecule has 1 atom stereocenters. The van der Waals surface area contributed by atoms with E-state index < -0.39 is 39.5 Å². The van der Waals surface area contributed by atoms with Crippen LogP contribution in [0.15, 0.2) is 84.0 Å². The van der Waals surface area contributed by atoms with Gasteiger partial charge in [-0.25, -0.2) is 22.8 Å². The minimum atomic E-state index is -4.49. The van der Waals surface area contributed by atoms with Gasteiger partial charge in [0.05, 0.1) is 28.4 Å². The van der Waals surface area contributed by atoms with Gasteiger partial charge in [0, 0.05) is 57.2 Å². The summed E-state index contributed by atoms with van der Waals surface area (Å²) in [5.74, 6) is -0.711. The van der Waals surface area contributed by atoms with Crippen LogP contribution >= 0.6 is 0 Å². The van der Waals surface area contributed by atoms with Crippen LogP contribution in [-0.4, -0.2) is 77.2 Å². The maximum Gasteiger partial charge on any atom is 0.416 e. The number of rotatable bonds is 9. The number of halogens is 4. The zero-order chi connectivity index (χ0) is 33.9. The fraction of sp³-hybridized carbons (Fsp3) is 0.333. The molecule has 2 saturated heterocycles. The highest BCUT2D eigenvalue weighted by atomic mass is 32.2. The summed E-state index contributed by atoms with van der Waals surface area (Å²) in [6.07, 6.45) is -0.204. The van der Waals surface area contributed by atoms with Gasteiger partial charge in [-0.3, -0.25) is 14.7 Å². The molecule has 2 aliphatic rings. The Balaban J connectivity index is 1.20. The molecule has 15 heteroatoms. The first-order chi connectivity index (χ1) is 23.0. The Morgan fingerprint density at radius 3 is 2.25 bits per heavy atom. The molecule has 0 saturated carbocycles. The second-order valence-corrected chi connectivity index (χ2v) is 13.6. The van der Waals surface area contributed by atoms with Crippen molar-refractivity contribution >= 4 is 21.9 Å². The molecule has 10 nitrogen and oxygen atoms in total. The maximum absolute atomic E-state index is 13.4. The van der Waals surface area contributed by atoms with E-state index in [-0.39, 0.29) is 18.0 Å². The number of amides is 1. The van der Waals surface area contributed by atoms with Crippen molar-refractivity contribution in [3.05, 3.63) is 102 Å². The first-order valence-electron chi connectivity index (χ1n) is 15.4. The summed E-state index contributed by atoms with van der Waals surface area (Å²) in [7, 11) is -4.05. The molecule has 2 fully saturated rings. The molecule has 2 aromatic heterocycles. The molecule has 48 heavy (non-hydrogen) atoms. The minimum absolute atomic E-state index is 0.0646. The van der Waals surface area contributed by atoms with Crippen LogP contribution < -0.4 is 10.2 Å². The Labute approximate surface area is 275 Å². The third-order valence-electron chi connectivity index (χ3n) is 8.46. The molecule has 1 N–H and O–H groups in total. The number of nitrogens with one attached hydrogen (secondary N) is 1. The van der Waals surface area contributed by atoms with E-state index in [0.717, 1.165) is 53.8 Å². The van der Waals surface area contributed by atoms with E-state index in [1.54, 1.807) is 18.5 Å². The van der Waals surface area contributed by atoms with E-state index in [9.17, 15) is 30.8 Å². The average Bonchev–Trinajstić information content (AvgIpc) is 3.59. The van der Waals surface area contributed by atoms with E-state index in [0.29, 0.717) is 48.8 Å². The summed E-state index contributed by atoms with van der Waals surface area (Å²) >= 11 is 0. The number of alkyl halides is 3. The van der Waals surface area contributed by atoms with Gasteiger partial charge in [0.25, 0.3) is 0 Å². The molecular weight excluding hydrogens is 650 g/mol. The highest BCUT2D eigenvalue weighted by molar-refractivity contribution is 7.89. The second kappa shape index (κ2) is 13.9. The number of pyridine rings is 1. The van der Waals surface area contributed by atoms with Gasteiger partial charge in [0.2, 0.25) is 21.9 Å². The van der Waals surface area contributed by atoms with Gasteiger partial charge in [-0.05, 0) is 73.0 Å². The molecule has 4 aromatic rings. The molecule has 1 amide bonds. The van der Waals surface area contributed by atoms with E-state index in [1.165, 1.54) is 24.3 Å². The van der Waals surface area contributed by atoms with Crippen molar-refractivity contribution in [1.29, 1.82) is 0 Å². The molecule has 2 aliphatic heterocycles. The maximum atomic E-state index is 13.4. The van der Waals surface area contributed by atoms with Crippen LogP contribution in [-0.2, 0) is 34.1 Å². The van der Waals surface area contributed by atoms with Crippen LogP contribution in [0.2, 0.25) is 0 Å². The smallest absolute Gasteiger partial charge is 0.349 e. The molecule has 1 unspecified atom stereocenters. The molecule has 2 aromatic carbocycles. The monoisotopic (exact) mass is 683 g/mol. The third kappa shape index (κ3) is 7.63. The van der Waals surface area contributed by atoms with Gasteiger partial charge in [-0.15, -0.1) is 0 Å². The Morgan fingerprint density at radius 2 is 1.58 bits per heavy atom. The fourth-order valence-corrected chi connectivity index (χ4v) is 7.53. The van der Waals surface area contributed by atoms with Crippen molar-refractivity contribution in [2.24, 2.45) is 0 Å². The summed E-state index contributed by atoms with van der Waals surface area (Å²) < 4.78 is 80.9.